The molecule has 0 aliphatic carbocycles. The molecular formula is C19H25N5O2. The largest absolute Gasteiger partial charge is 0.375 e. The zero-order valence-corrected chi connectivity index (χ0v) is 15.5. The topological polar surface area (TPSA) is 84.2 Å². The summed E-state index contributed by atoms with van der Waals surface area (Å²) in [4.78, 5) is 23.3. The van der Waals surface area contributed by atoms with E-state index < -0.39 is 0 Å². The van der Waals surface area contributed by atoms with Gasteiger partial charge in [-0.2, -0.15) is 4.98 Å². The lowest BCUT2D eigenvalue weighted by Gasteiger charge is -2.33. The van der Waals surface area contributed by atoms with Crippen molar-refractivity contribution in [2.24, 2.45) is 5.92 Å². The van der Waals surface area contributed by atoms with Gasteiger partial charge >= 0.3 is 0 Å². The Kier molecular flexibility index (Phi) is 5.35. The minimum atomic E-state index is -0.328. The number of carbonyl (C=O) groups excluding carboxylic acids is 1. The molecule has 1 atom stereocenters. The number of pyridine rings is 1. The lowest BCUT2D eigenvalue weighted by molar-refractivity contribution is -0.127. The van der Waals surface area contributed by atoms with E-state index in [2.05, 4.69) is 31.9 Å². The Morgan fingerprint density at radius 1 is 1.42 bits per heavy atom. The average molecular weight is 355 g/mol. The van der Waals surface area contributed by atoms with Crippen LogP contribution in [0.15, 0.2) is 35.1 Å². The zero-order chi connectivity index (χ0) is 18.7. The molecule has 2 aromatic rings. The summed E-state index contributed by atoms with van der Waals surface area (Å²) in [5, 5.41) is 7.01. The number of aryl methyl sites for hydroxylation is 1. The van der Waals surface area contributed by atoms with Crippen molar-refractivity contribution in [1.29, 1.82) is 0 Å². The maximum Gasteiger partial charge on any atom is 0.249 e. The van der Waals surface area contributed by atoms with E-state index in [-0.39, 0.29) is 17.9 Å². The van der Waals surface area contributed by atoms with Gasteiger partial charge in [0.15, 0.2) is 0 Å². The first-order chi connectivity index (χ1) is 12.4. The summed E-state index contributed by atoms with van der Waals surface area (Å²) < 4.78 is 5.34. The lowest BCUT2D eigenvalue weighted by Crippen LogP contribution is -2.40. The van der Waals surface area contributed by atoms with Crippen LogP contribution in [0.3, 0.4) is 0 Å². The summed E-state index contributed by atoms with van der Waals surface area (Å²) >= 11 is 0. The molecule has 7 nitrogen and oxygen atoms in total. The Hall–Kier alpha value is -2.70. The second-order valence-electron chi connectivity index (χ2n) is 6.87. The van der Waals surface area contributed by atoms with Gasteiger partial charge in [0.05, 0.1) is 0 Å². The molecule has 3 rings (SSSR count). The van der Waals surface area contributed by atoms with Gasteiger partial charge in [-0.25, -0.2) is 0 Å². The Bertz CT molecular complexity index is 793. The van der Waals surface area contributed by atoms with Gasteiger partial charge in [-0.05, 0) is 45.7 Å². The second-order valence-corrected chi connectivity index (χ2v) is 6.87. The fourth-order valence-electron chi connectivity index (χ4n) is 3.13. The van der Waals surface area contributed by atoms with E-state index in [4.69, 9.17) is 4.52 Å². The number of nitrogens with one attached hydrogen (secondary N) is 1. The number of amides is 1. The van der Waals surface area contributed by atoms with E-state index >= 15 is 0 Å². The highest BCUT2D eigenvalue weighted by atomic mass is 16.5. The van der Waals surface area contributed by atoms with Crippen molar-refractivity contribution >= 4 is 5.91 Å². The van der Waals surface area contributed by atoms with Gasteiger partial charge in [0.1, 0.15) is 6.04 Å². The molecule has 0 bridgehead atoms. The van der Waals surface area contributed by atoms with Crippen LogP contribution in [0.4, 0.5) is 0 Å². The van der Waals surface area contributed by atoms with Crippen LogP contribution in [0.5, 0.6) is 0 Å². The molecule has 1 amide bonds. The third kappa shape index (κ3) is 4.09. The lowest BCUT2D eigenvalue weighted by atomic mass is 9.95. The van der Waals surface area contributed by atoms with Crippen LogP contribution in [0.2, 0.25) is 0 Å². The van der Waals surface area contributed by atoms with E-state index in [0.717, 1.165) is 42.9 Å². The third-order valence-electron chi connectivity index (χ3n) is 4.73. The summed E-state index contributed by atoms with van der Waals surface area (Å²) in [6, 6.07) is 3.40. The Labute approximate surface area is 153 Å². The van der Waals surface area contributed by atoms with Crippen molar-refractivity contribution in [3.05, 3.63) is 42.2 Å². The molecule has 0 aromatic carbocycles. The summed E-state index contributed by atoms with van der Waals surface area (Å²) in [6.07, 6.45) is 3.37. The number of hydrogen-bond acceptors (Lipinski definition) is 6. The Morgan fingerprint density at radius 3 is 2.81 bits per heavy atom. The first kappa shape index (κ1) is 18.1. The summed E-state index contributed by atoms with van der Waals surface area (Å²) in [5.74, 6) is 0.959. The molecular weight excluding hydrogens is 330 g/mol. The molecule has 26 heavy (non-hydrogen) atoms. The first-order valence-electron chi connectivity index (χ1n) is 8.91. The minimum Gasteiger partial charge on any atom is -0.375 e. The van der Waals surface area contributed by atoms with E-state index in [1.54, 1.807) is 6.20 Å². The van der Waals surface area contributed by atoms with Crippen LogP contribution in [0.25, 0.3) is 11.4 Å². The molecule has 7 heteroatoms. The number of piperidine rings is 1. The Balaban J connectivity index is 1.59. The van der Waals surface area contributed by atoms with Crippen molar-refractivity contribution in [2.75, 3.05) is 13.1 Å². The average Bonchev–Trinajstić information content (AvgIpc) is 3.12. The molecule has 3 heterocycles. The molecule has 2 aromatic heterocycles. The quantitative estimate of drug-likeness (QED) is 0.888. The van der Waals surface area contributed by atoms with Gasteiger partial charge in [0.2, 0.25) is 17.6 Å². The van der Waals surface area contributed by atoms with Crippen LogP contribution >= 0.6 is 0 Å². The molecule has 0 spiro atoms. The van der Waals surface area contributed by atoms with E-state index in [0.29, 0.717) is 11.7 Å². The number of nitrogens with zero attached hydrogens (tertiary/aromatic N) is 4. The standard InChI is InChI=1S/C19H25N5O2/c1-12(2)24-9-6-15(7-10-24)18(25)21-14(4)19-22-17(23-26-19)16-5-8-20-13(3)11-16/h5,8,11,14-15H,1,6-7,9-10H2,2-4H3,(H,21,25)/t14-/m0/s1. The normalized spacial score (nSPS) is 16.3. The molecule has 1 saturated heterocycles. The summed E-state index contributed by atoms with van der Waals surface area (Å²) in [5.41, 5.74) is 2.79. The van der Waals surface area contributed by atoms with Crippen molar-refractivity contribution in [3.8, 4) is 11.4 Å². The van der Waals surface area contributed by atoms with Gasteiger partial charge in [-0.15, -0.1) is 0 Å². The molecule has 0 unspecified atom stereocenters. The van der Waals surface area contributed by atoms with Gasteiger partial charge in [0.25, 0.3) is 0 Å². The van der Waals surface area contributed by atoms with Gasteiger partial charge in [-0.1, -0.05) is 11.7 Å². The first-order valence-corrected chi connectivity index (χ1v) is 8.91. The van der Waals surface area contributed by atoms with Crippen molar-refractivity contribution < 1.29 is 9.32 Å². The molecule has 0 radical (unpaired) electrons. The Morgan fingerprint density at radius 2 is 2.15 bits per heavy atom. The maximum atomic E-state index is 12.5. The highest BCUT2D eigenvalue weighted by Crippen LogP contribution is 2.22. The summed E-state index contributed by atoms with van der Waals surface area (Å²) in [6.45, 7) is 11.5. The van der Waals surface area contributed by atoms with Crippen LogP contribution in [-0.2, 0) is 4.79 Å². The molecule has 1 aliphatic rings. The van der Waals surface area contributed by atoms with Crippen LogP contribution in [-0.4, -0.2) is 39.0 Å². The summed E-state index contributed by atoms with van der Waals surface area (Å²) in [7, 11) is 0. The predicted octanol–water partition coefficient (Wildman–Crippen LogP) is 2.86. The van der Waals surface area contributed by atoms with E-state index in [9.17, 15) is 4.79 Å². The molecule has 1 N–H and O–H groups in total. The van der Waals surface area contributed by atoms with Crippen LogP contribution in [0.1, 0.15) is 44.3 Å². The number of carbonyl (C=O) groups is 1. The minimum absolute atomic E-state index is 0.0123. The van der Waals surface area contributed by atoms with Crippen molar-refractivity contribution in [3.63, 3.8) is 0 Å². The number of hydrogen-bond donors (Lipinski definition) is 1. The van der Waals surface area contributed by atoms with Crippen molar-refractivity contribution in [2.45, 2.75) is 39.7 Å². The van der Waals surface area contributed by atoms with Gasteiger partial charge < -0.3 is 14.7 Å². The third-order valence-corrected chi connectivity index (χ3v) is 4.73. The van der Waals surface area contributed by atoms with Crippen LogP contribution < -0.4 is 5.32 Å². The molecule has 138 valence electrons. The monoisotopic (exact) mass is 355 g/mol. The SMILES string of the molecule is C=C(C)N1CCC(C(=O)N[C@@H](C)c2nc(-c3ccnc(C)c3)no2)CC1. The van der Waals surface area contributed by atoms with Crippen molar-refractivity contribution in [1.82, 2.24) is 25.3 Å². The zero-order valence-electron chi connectivity index (χ0n) is 15.5. The van der Waals surface area contributed by atoms with Gasteiger partial charge in [0, 0.05) is 42.2 Å². The van der Waals surface area contributed by atoms with E-state index in [1.165, 1.54) is 0 Å². The fraction of sp³-hybridized carbons (Fsp3) is 0.474. The number of likely N-dealkylation sites (tertiary alicyclic amines) is 1. The molecule has 1 aliphatic heterocycles. The smallest absolute Gasteiger partial charge is 0.249 e. The number of rotatable bonds is 5. The number of aromatic nitrogens is 3. The fourth-order valence-corrected chi connectivity index (χ4v) is 3.13. The second kappa shape index (κ2) is 7.68. The highest BCUT2D eigenvalue weighted by molar-refractivity contribution is 5.79. The maximum absolute atomic E-state index is 12.5. The highest BCUT2D eigenvalue weighted by Gasteiger charge is 2.27. The predicted molar refractivity (Wildman–Crippen MR) is 97.9 cm³/mol. The molecule has 1 fully saturated rings. The van der Waals surface area contributed by atoms with Gasteiger partial charge in [-0.3, -0.25) is 9.78 Å². The number of allylic oxidation sites excluding steroid dienone is 1. The van der Waals surface area contributed by atoms with Crippen LogP contribution in [0, 0.1) is 12.8 Å². The van der Waals surface area contributed by atoms with E-state index in [1.807, 2.05) is 32.9 Å². The molecule has 0 saturated carbocycles.